The van der Waals surface area contributed by atoms with Gasteiger partial charge < -0.3 is 10.2 Å². The summed E-state index contributed by atoms with van der Waals surface area (Å²) < 4.78 is 14.2. The molecule has 2 nitrogen and oxygen atoms in total. The highest BCUT2D eigenvalue weighted by atomic mass is 19.1. The molecule has 0 saturated heterocycles. The van der Waals surface area contributed by atoms with Gasteiger partial charge in [-0.3, -0.25) is 0 Å². The number of benzene rings is 1. The predicted octanol–water partition coefficient (Wildman–Crippen LogP) is 3.42. The minimum absolute atomic E-state index is 0.0941. The van der Waals surface area contributed by atoms with Gasteiger partial charge in [0.1, 0.15) is 5.82 Å². The SMILES string of the molecule is CNCc1cccc(F)c1N(C)CC1CC2CCC1C2. The van der Waals surface area contributed by atoms with Gasteiger partial charge in [-0.1, -0.05) is 18.6 Å². The second-order valence-corrected chi connectivity index (χ2v) is 6.59. The molecule has 0 aliphatic heterocycles. The normalized spacial score (nSPS) is 28.1. The molecular formula is C17H25FN2. The van der Waals surface area contributed by atoms with E-state index >= 15 is 0 Å². The minimum atomic E-state index is -0.0941. The molecule has 2 fully saturated rings. The van der Waals surface area contributed by atoms with Crippen LogP contribution in [-0.2, 0) is 6.54 Å². The Morgan fingerprint density at radius 1 is 1.30 bits per heavy atom. The van der Waals surface area contributed by atoms with Crippen molar-refractivity contribution in [1.29, 1.82) is 0 Å². The van der Waals surface area contributed by atoms with Crippen molar-refractivity contribution in [1.82, 2.24) is 5.32 Å². The van der Waals surface area contributed by atoms with Gasteiger partial charge in [-0.25, -0.2) is 4.39 Å². The second-order valence-electron chi connectivity index (χ2n) is 6.59. The molecule has 2 aliphatic rings. The van der Waals surface area contributed by atoms with Crippen molar-refractivity contribution in [2.45, 2.75) is 32.2 Å². The molecule has 3 unspecified atom stereocenters. The zero-order chi connectivity index (χ0) is 14.1. The number of para-hydroxylation sites is 1. The van der Waals surface area contributed by atoms with Crippen LogP contribution in [0.4, 0.5) is 10.1 Å². The van der Waals surface area contributed by atoms with Gasteiger partial charge in [0, 0.05) is 20.1 Å². The van der Waals surface area contributed by atoms with Gasteiger partial charge in [0.05, 0.1) is 5.69 Å². The highest BCUT2D eigenvalue weighted by Gasteiger charge is 2.39. The lowest BCUT2D eigenvalue weighted by molar-refractivity contribution is 0.336. The number of halogens is 1. The highest BCUT2D eigenvalue weighted by Crippen LogP contribution is 2.48. The topological polar surface area (TPSA) is 15.3 Å². The average Bonchev–Trinajstić information content (AvgIpc) is 3.01. The van der Waals surface area contributed by atoms with Gasteiger partial charge in [0.15, 0.2) is 0 Å². The first-order chi connectivity index (χ1) is 9.69. The van der Waals surface area contributed by atoms with Gasteiger partial charge >= 0.3 is 0 Å². The molecule has 0 amide bonds. The molecule has 0 aromatic heterocycles. The van der Waals surface area contributed by atoms with Crippen LogP contribution in [0.1, 0.15) is 31.2 Å². The van der Waals surface area contributed by atoms with Crippen molar-refractivity contribution in [3.63, 3.8) is 0 Å². The van der Waals surface area contributed by atoms with Crippen molar-refractivity contribution < 1.29 is 4.39 Å². The number of hydrogen-bond donors (Lipinski definition) is 1. The van der Waals surface area contributed by atoms with Gasteiger partial charge in [0.2, 0.25) is 0 Å². The summed E-state index contributed by atoms with van der Waals surface area (Å²) in [6.07, 6.45) is 5.59. The molecular weight excluding hydrogens is 251 g/mol. The van der Waals surface area contributed by atoms with Gasteiger partial charge in [-0.2, -0.15) is 0 Å². The Morgan fingerprint density at radius 3 is 2.80 bits per heavy atom. The van der Waals surface area contributed by atoms with Crippen molar-refractivity contribution in [3.05, 3.63) is 29.6 Å². The van der Waals surface area contributed by atoms with E-state index in [2.05, 4.69) is 10.2 Å². The Labute approximate surface area is 121 Å². The fourth-order valence-corrected chi connectivity index (χ4v) is 4.36. The molecule has 3 rings (SSSR count). The molecule has 110 valence electrons. The number of nitrogens with one attached hydrogen (secondary N) is 1. The molecule has 1 N–H and O–H groups in total. The standard InChI is InChI=1S/C17H25FN2/c1-19-10-14-4-3-5-16(18)17(14)20(2)11-15-9-12-6-7-13(15)8-12/h3-5,12-13,15,19H,6-11H2,1-2H3. The predicted molar refractivity (Wildman–Crippen MR) is 81.4 cm³/mol. The first kappa shape index (κ1) is 13.9. The third kappa shape index (κ3) is 2.56. The van der Waals surface area contributed by atoms with Gasteiger partial charge in [-0.05, 0) is 55.7 Å². The number of hydrogen-bond acceptors (Lipinski definition) is 2. The second kappa shape index (κ2) is 5.72. The number of fused-ring (bicyclic) bond motifs is 2. The molecule has 1 aromatic carbocycles. The Morgan fingerprint density at radius 2 is 2.15 bits per heavy atom. The van der Waals surface area contributed by atoms with E-state index < -0.39 is 0 Å². The lowest BCUT2D eigenvalue weighted by Crippen LogP contribution is -2.30. The van der Waals surface area contributed by atoms with E-state index in [1.165, 1.54) is 25.7 Å². The van der Waals surface area contributed by atoms with E-state index in [9.17, 15) is 4.39 Å². The molecule has 2 bridgehead atoms. The van der Waals surface area contributed by atoms with Gasteiger partial charge in [0.25, 0.3) is 0 Å². The number of nitrogens with zero attached hydrogens (tertiary/aromatic N) is 1. The summed E-state index contributed by atoms with van der Waals surface area (Å²) in [6, 6.07) is 5.40. The van der Waals surface area contributed by atoms with E-state index in [0.717, 1.165) is 35.5 Å². The molecule has 1 aromatic rings. The highest BCUT2D eigenvalue weighted by molar-refractivity contribution is 5.54. The smallest absolute Gasteiger partial charge is 0.146 e. The van der Waals surface area contributed by atoms with Crippen molar-refractivity contribution in [3.8, 4) is 0 Å². The van der Waals surface area contributed by atoms with Crippen molar-refractivity contribution in [2.75, 3.05) is 25.5 Å². The van der Waals surface area contributed by atoms with Crippen LogP contribution in [0, 0.1) is 23.6 Å². The molecule has 0 radical (unpaired) electrons. The Bertz CT molecular complexity index is 474. The zero-order valence-corrected chi connectivity index (χ0v) is 12.5. The van der Waals surface area contributed by atoms with Crippen molar-refractivity contribution >= 4 is 5.69 Å². The maximum Gasteiger partial charge on any atom is 0.146 e. The average molecular weight is 276 g/mol. The number of anilines is 1. The fourth-order valence-electron chi connectivity index (χ4n) is 4.36. The van der Waals surface area contributed by atoms with Crippen molar-refractivity contribution in [2.24, 2.45) is 17.8 Å². The van der Waals surface area contributed by atoms with Crippen LogP contribution in [0.5, 0.6) is 0 Å². The minimum Gasteiger partial charge on any atom is -0.372 e. The lowest BCUT2D eigenvalue weighted by atomic mass is 9.88. The Kier molecular flexibility index (Phi) is 3.97. The maximum atomic E-state index is 14.2. The van der Waals surface area contributed by atoms with E-state index in [-0.39, 0.29) is 5.82 Å². The third-order valence-electron chi connectivity index (χ3n) is 5.21. The largest absolute Gasteiger partial charge is 0.372 e. The summed E-state index contributed by atoms with van der Waals surface area (Å²) in [4.78, 5) is 2.15. The van der Waals surface area contributed by atoms with Gasteiger partial charge in [-0.15, -0.1) is 0 Å². The van der Waals surface area contributed by atoms with Crippen LogP contribution in [0.25, 0.3) is 0 Å². The zero-order valence-electron chi connectivity index (χ0n) is 12.5. The fraction of sp³-hybridized carbons (Fsp3) is 0.647. The molecule has 3 heteroatoms. The molecule has 2 saturated carbocycles. The van der Waals surface area contributed by atoms with Crippen LogP contribution in [-0.4, -0.2) is 20.6 Å². The van der Waals surface area contributed by atoms with E-state index in [0.29, 0.717) is 6.54 Å². The first-order valence-electron chi connectivity index (χ1n) is 7.82. The molecule has 0 heterocycles. The lowest BCUT2D eigenvalue weighted by Gasteiger charge is -2.30. The maximum absolute atomic E-state index is 14.2. The first-order valence-corrected chi connectivity index (χ1v) is 7.82. The molecule has 2 aliphatic carbocycles. The van der Waals surface area contributed by atoms with E-state index in [4.69, 9.17) is 0 Å². The van der Waals surface area contributed by atoms with Crippen LogP contribution < -0.4 is 10.2 Å². The van der Waals surface area contributed by atoms with Crippen LogP contribution in [0.15, 0.2) is 18.2 Å². The van der Waals surface area contributed by atoms with Crippen LogP contribution >= 0.6 is 0 Å². The summed E-state index contributed by atoms with van der Waals surface area (Å²) in [5, 5.41) is 3.13. The monoisotopic (exact) mass is 276 g/mol. The van der Waals surface area contributed by atoms with E-state index in [1.54, 1.807) is 12.1 Å². The summed E-state index contributed by atoms with van der Waals surface area (Å²) in [7, 11) is 3.95. The van der Waals surface area contributed by atoms with Crippen LogP contribution in [0.2, 0.25) is 0 Å². The Balaban J connectivity index is 1.75. The third-order valence-corrected chi connectivity index (χ3v) is 5.21. The molecule has 20 heavy (non-hydrogen) atoms. The summed E-state index contributed by atoms with van der Waals surface area (Å²) in [6.45, 7) is 1.72. The molecule has 0 spiro atoms. The van der Waals surface area contributed by atoms with E-state index in [1.807, 2.05) is 20.2 Å². The summed E-state index contributed by atoms with van der Waals surface area (Å²) >= 11 is 0. The summed E-state index contributed by atoms with van der Waals surface area (Å²) in [5.74, 6) is 2.52. The Hall–Kier alpha value is -1.09. The van der Waals surface area contributed by atoms with Crippen LogP contribution in [0.3, 0.4) is 0 Å². The number of rotatable bonds is 5. The quantitative estimate of drug-likeness (QED) is 0.886. The summed E-state index contributed by atoms with van der Waals surface area (Å²) in [5.41, 5.74) is 1.84. The molecule has 3 atom stereocenters.